The van der Waals surface area contributed by atoms with E-state index in [0.717, 1.165) is 51.1 Å². The molecule has 0 spiro atoms. The molecule has 2 saturated heterocycles. The Morgan fingerprint density at radius 1 is 1.12 bits per heavy atom. The van der Waals surface area contributed by atoms with Gasteiger partial charge in [-0.1, -0.05) is 30.3 Å². The van der Waals surface area contributed by atoms with Crippen LogP contribution < -0.4 is 5.32 Å². The standard InChI is InChI=1S/C20H30N4O2/c1-21-19(25)18(15-16-7-4-3-5-8-16)24-10-6-9-17(24)20(26)23-13-11-22(2)12-14-23/h3-5,7-8,17-18H,6,9-15H2,1-2H3,(H,21,25). The summed E-state index contributed by atoms with van der Waals surface area (Å²) in [5, 5.41) is 2.79. The lowest BCUT2D eigenvalue weighted by Crippen LogP contribution is -2.57. The van der Waals surface area contributed by atoms with Gasteiger partial charge in [-0.05, 0) is 38.4 Å². The number of likely N-dealkylation sites (N-methyl/N-ethyl adjacent to an activating group) is 2. The maximum Gasteiger partial charge on any atom is 0.240 e. The van der Waals surface area contributed by atoms with E-state index in [1.165, 1.54) is 0 Å². The minimum atomic E-state index is -0.300. The second-order valence-corrected chi connectivity index (χ2v) is 7.34. The van der Waals surface area contributed by atoms with Crippen LogP contribution in [0.15, 0.2) is 30.3 Å². The summed E-state index contributed by atoms with van der Waals surface area (Å²) in [6.07, 6.45) is 2.44. The number of nitrogens with zero attached hydrogens (tertiary/aromatic N) is 3. The molecule has 2 atom stereocenters. The molecule has 26 heavy (non-hydrogen) atoms. The third kappa shape index (κ3) is 4.24. The summed E-state index contributed by atoms with van der Waals surface area (Å²) >= 11 is 0. The molecule has 0 aliphatic carbocycles. The summed E-state index contributed by atoms with van der Waals surface area (Å²) in [4.78, 5) is 32.1. The first-order valence-corrected chi connectivity index (χ1v) is 9.58. The summed E-state index contributed by atoms with van der Waals surface area (Å²) < 4.78 is 0. The lowest BCUT2D eigenvalue weighted by molar-refractivity contribution is -0.140. The molecule has 142 valence electrons. The van der Waals surface area contributed by atoms with E-state index < -0.39 is 0 Å². The third-order valence-electron chi connectivity index (χ3n) is 5.62. The van der Waals surface area contributed by atoms with Crippen molar-refractivity contribution >= 4 is 11.8 Å². The maximum atomic E-state index is 13.1. The van der Waals surface area contributed by atoms with Crippen LogP contribution in [0.4, 0.5) is 0 Å². The Labute approximate surface area is 156 Å². The molecule has 1 N–H and O–H groups in total. The van der Waals surface area contributed by atoms with Crippen LogP contribution in [-0.4, -0.2) is 85.4 Å². The molecule has 3 rings (SSSR count). The number of hydrogen-bond donors (Lipinski definition) is 1. The van der Waals surface area contributed by atoms with Gasteiger partial charge in [0, 0.05) is 33.2 Å². The van der Waals surface area contributed by atoms with Crippen LogP contribution in [0.2, 0.25) is 0 Å². The highest BCUT2D eigenvalue weighted by atomic mass is 16.2. The maximum absolute atomic E-state index is 13.1. The van der Waals surface area contributed by atoms with Gasteiger partial charge < -0.3 is 15.1 Å². The predicted octanol–water partition coefficient (Wildman–Crippen LogP) is 0.582. The minimum Gasteiger partial charge on any atom is -0.358 e. The number of piperazine rings is 1. The van der Waals surface area contributed by atoms with Gasteiger partial charge in [0.25, 0.3) is 0 Å². The molecule has 2 heterocycles. The van der Waals surface area contributed by atoms with Crippen LogP contribution >= 0.6 is 0 Å². The number of benzene rings is 1. The molecule has 2 fully saturated rings. The van der Waals surface area contributed by atoms with Gasteiger partial charge in [-0.15, -0.1) is 0 Å². The van der Waals surface area contributed by atoms with Gasteiger partial charge >= 0.3 is 0 Å². The first-order valence-electron chi connectivity index (χ1n) is 9.58. The number of carbonyl (C=O) groups is 2. The van der Waals surface area contributed by atoms with Crippen molar-refractivity contribution in [3.8, 4) is 0 Å². The van der Waals surface area contributed by atoms with Gasteiger partial charge in [0.15, 0.2) is 0 Å². The average molecular weight is 358 g/mol. The van der Waals surface area contributed by atoms with Crippen LogP contribution in [0.5, 0.6) is 0 Å². The number of rotatable bonds is 5. The first kappa shape index (κ1) is 18.9. The second kappa shape index (κ2) is 8.64. The van der Waals surface area contributed by atoms with Gasteiger partial charge in [0.1, 0.15) is 0 Å². The van der Waals surface area contributed by atoms with Crippen LogP contribution in [0, 0.1) is 0 Å². The lowest BCUT2D eigenvalue weighted by Gasteiger charge is -2.37. The highest BCUT2D eigenvalue weighted by Gasteiger charge is 2.40. The number of carbonyl (C=O) groups excluding carboxylic acids is 2. The Hall–Kier alpha value is -1.92. The average Bonchev–Trinajstić information content (AvgIpc) is 3.16. The smallest absolute Gasteiger partial charge is 0.240 e. The molecule has 0 saturated carbocycles. The minimum absolute atomic E-state index is 0.00747. The fraction of sp³-hybridized carbons (Fsp3) is 0.600. The topological polar surface area (TPSA) is 55.9 Å². The van der Waals surface area contributed by atoms with Crippen molar-refractivity contribution in [3.05, 3.63) is 35.9 Å². The largest absolute Gasteiger partial charge is 0.358 e. The molecule has 6 nitrogen and oxygen atoms in total. The van der Waals surface area contributed by atoms with Crippen molar-refractivity contribution in [3.63, 3.8) is 0 Å². The van der Waals surface area contributed by atoms with Gasteiger partial charge in [-0.25, -0.2) is 0 Å². The fourth-order valence-electron chi connectivity index (χ4n) is 4.03. The molecule has 1 aromatic carbocycles. The van der Waals surface area contributed by atoms with E-state index in [-0.39, 0.29) is 23.9 Å². The highest BCUT2D eigenvalue weighted by Crippen LogP contribution is 2.24. The molecular weight excluding hydrogens is 328 g/mol. The fourth-order valence-corrected chi connectivity index (χ4v) is 4.03. The van der Waals surface area contributed by atoms with E-state index in [4.69, 9.17) is 0 Å². The summed E-state index contributed by atoms with van der Waals surface area (Å²) in [7, 11) is 3.76. The van der Waals surface area contributed by atoms with Crippen molar-refractivity contribution in [1.29, 1.82) is 0 Å². The summed E-state index contributed by atoms with van der Waals surface area (Å²) in [6.45, 7) is 4.20. The SMILES string of the molecule is CNC(=O)C(Cc1ccccc1)N1CCCC1C(=O)N1CCN(C)CC1. The third-order valence-corrected chi connectivity index (χ3v) is 5.62. The number of hydrogen-bond acceptors (Lipinski definition) is 4. The van der Waals surface area contributed by atoms with E-state index in [0.29, 0.717) is 6.42 Å². The lowest BCUT2D eigenvalue weighted by atomic mass is 10.0. The molecule has 2 aliphatic heterocycles. The van der Waals surface area contributed by atoms with E-state index in [1.54, 1.807) is 7.05 Å². The predicted molar refractivity (Wildman–Crippen MR) is 102 cm³/mol. The number of nitrogens with one attached hydrogen (secondary N) is 1. The van der Waals surface area contributed by atoms with Crippen molar-refractivity contribution in [1.82, 2.24) is 20.0 Å². The van der Waals surface area contributed by atoms with Gasteiger partial charge in [-0.3, -0.25) is 14.5 Å². The Kier molecular flexibility index (Phi) is 6.27. The summed E-state index contributed by atoms with van der Waals surface area (Å²) in [5.74, 6) is 0.185. The molecule has 2 unspecified atom stereocenters. The zero-order valence-corrected chi connectivity index (χ0v) is 15.9. The van der Waals surface area contributed by atoms with Crippen molar-refractivity contribution in [2.75, 3.05) is 46.8 Å². The van der Waals surface area contributed by atoms with E-state index in [1.807, 2.05) is 35.2 Å². The number of amides is 2. The first-order chi connectivity index (χ1) is 12.6. The van der Waals surface area contributed by atoms with E-state index in [2.05, 4.69) is 22.2 Å². The van der Waals surface area contributed by atoms with E-state index >= 15 is 0 Å². The quantitative estimate of drug-likeness (QED) is 0.837. The molecule has 0 aromatic heterocycles. The Balaban J connectivity index is 1.74. The van der Waals surface area contributed by atoms with Crippen LogP contribution in [0.3, 0.4) is 0 Å². The number of likely N-dealkylation sites (tertiary alicyclic amines) is 1. The summed E-state index contributed by atoms with van der Waals surface area (Å²) in [6, 6.07) is 9.58. The molecular formula is C20H30N4O2. The van der Waals surface area contributed by atoms with Crippen LogP contribution in [0.1, 0.15) is 18.4 Å². The Morgan fingerprint density at radius 2 is 1.81 bits per heavy atom. The zero-order chi connectivity index (χ0) is 18.5. The highest BCUT2D eigenvalue weighted by molar-refractivity contribution is 5.86. The normalized spacial score (nSPS) is 23.0. The van der Waals surface area contributed by atoms with Crippen molar-refractivity contribution < 1.29 is 9.59 Å². The Bertz CT molecular complexity index is 613. The van der Waals surface area contributed by atoms with Crippen LogP contribution in [-0.2, 0) is 16.0 Å². The van der Waals surface area contributed by atoms with Crippen molar-refractivity contribution in [2.45, 2.75) is 31.3 Å². The molecule has 2 aliphatic rings. The molecule has 2 amide bonds. The molecule has 6 heteroatoms. The monoisotopic (exact) mass is 358 g/mol. The second-order valence-electron chi connectivity index (χ2n) is 7.34. The van der Waals surface area contributed by atoms with E-state index in [9.17, 15) is 9.59 Å². The molecule has 0 radical (unpaired) electrons. The van der Waals surface area contributed by atoms with Gasteiger partial charge in [0.2, 0.25) is 11.8 Å². The van der Waals surface area contributed by atoms with Crippen molar-refractivity contribution in [2.24, 2.45) is 0 Å². The molecule has 0 bridgehead atoms. The van der Waals surface area contributed by atoms with Gasteiger partial charge in [-0.2, -0.15) is 0 Å². The Morgan fingerprint density at radius 3 is 2.46 bits per heavy atom. The van der Waals surface area contributed by atoms with Crippen LogP contribution in [0.25, 0.3) is 0 Å². The molecule has 1 aromatic rings. The van der Waals surface area contributed by atoms with Gasteiger partial charge in [0.05, 0.1) is 12.1 Å². The summed E-state index contributed by atoms with van der Waals surface area (Å²) in [5.41, 5.74) is 1.12. The zero-order valence-electron chi connectivity index (χ0n) is 15.9.